The van der Waals surface area contributed by atoms with Crippen molar-refractivity contribution in [2.75, 3.05) is 6.54 Å². The molecule has 224 valence electrons. The zero-order valence-corrected chi connectivity index (χ0v) is 25.4. The fourth-order valence-electron chi connectivity index (χ4n) is 7.38. The molecule has 1 saturated heterocycles. The van der Waals surface area contributed by atoms with Gasteiger partial charge in [0.2, 0.25) is 17.6 Å². The fraction of sp³-hybridized carbons (Fsp3) is 0.839. The molecule has 1 unspecified atom stereocenters. The SMILES string of the molecule is CC(=O)C(=O)C(CC1CCC1)NC(=O)[C@@H]1[C@@H]2[C@H](CN1C(=O)[C@@H](NC(=O)OC(C)(C)C)C1(C)CCCCC1)C2(C)C. The van der Waals surface area contributed by atoms with Crippen molar-refractivity contribution in [3.63, 3.8) is 0 Å². The predicted molar refractivity (Wildman–Crippen MR) is 150 cm³/mol. The van der Waals surface area contributed by atoms with Crippen molar-refractivity contribution >= 4 is 29.5 Å². The van der Waals surface area contributed by atoms with Gasteiger partial charge >= 0.3 is 6.09 Å². The third-order valence-electron chi connectivity index (χ3n) is 10.1. The van der Waals surface area contributed by atoms with Crippen molar-refractivity contribution in [3.8, 4) is 0 Å². The lowest BCUT2D eigenvalue weighted by atomic mass is 9.70. The van der Waals surface area contributed by atoms with E-state index in [-0.39, 0.29) is 29.1 Å². The largest absolute Gasteiger partial charge is 0.444 e. The van der Waals surface area contributed by atoms with E-state index in [0.29, 0.717) is 18.9 Å². The average Bonchev–Trinajstić information content (AvgIpc) is 3.14. The summed E-state index contributed by atoms with van der Waals surface area (Å²) in [4.78, 5) is 67.6. The quantitative estimate of drug-likeness (QED) is 0.409. The van der Waals surface area contributed by atoms with Crippen molar-refractivity contribution in [2.24, 2.45) is 28.6 Å². The van der Waals surface area contributed by atoms with Gasteiger partial charge in [0.15, 0.2) is 5.78 Å². The molecule has 9 nitrogen and oxygen atoms in total. The highest BCUT2D eigenvalue weighted by molar-refractivity contribution is 6.38. The lowest BCUT2D eigenvalue weighted by Gasteiger charge is -2.43. The summed E-state index contributed by atoms with van der Waals surface area (Å²) in [6, 6.07) is -2.46. The summed E-state index contributed by atoms with van der Waals surface area (Å²) >= 11 is 0. The Morgan fingerprint density at radius 1 is 0.950 bits per heavy atom. The third-order valence-corrected chi connectivity index (χ3v) is 10.1. The first kappa shape index (κ1) is 30.5. The van der Waals surface area contributed by atoms with E-state index in [2.05, 4.69) is 24.5 Å². The van der Waals surface area contributed by atoms with Crippen molar-refractivity contribution < 1.29 is 28.7 Å². The number of fused-ring (bicyclic) bond motifs is 1. The predicted octanol–water partition coefficient (Wildman–Crippen LogP) is 4.17. The summed E-state index contributed by atoms with van der Waals surface area (Å²) in [7, 11) is 0. The van der Waals surface area contributed by atoms with E-state index < -0.39 is 46.8 Å². The minimum Gasteiger partial charge on any atom is -0.444 e. The Morgan fingerprint density at radius 3 is 2.10 bits per heavy atom. The number of piperidine rings is 1. The molecular weight excluding hydrogens is 510 g/mol. The van der Waals surface area contributed by atoms with Crippen molar-refractivity contribution in [1.82, 2.24) is 15.5 Å². The number of hydrogen-bond acceptors (Lipinski definition) is 6. The smallest absolute Gasteiger partial charge is 0.408 e. The van der Waals surface area contributed by atoms with Gasteiger partial charge < -0.3 is 20.3 Å². The summed E-state index contributed by atoms with van der Waals surface area (Å²) in [5.74, 6) is -1.38. The van der Waals surface area contributed by atoms with Crippen LogP contribution in [0.25, 0.3) is 0 Å². The summed E-state index contributed by atoms with van der Waals surface area (Å²) in [5.41, 5.74) is -1.30. The standard InChI is InChI=1S/C31H49N3O6/c1-18(35)24(36)21(16-19-12-11-13-19)32-26(37)23-22-20(30(22,5)6)17-34(23)27(38)25(31(7)14-9-8-10-15-31)33-28(39)40-29(2,3)4/h19-23,25H,8-17H2,1-7H3,(H,32,37)(H,33,39)/t20-,21?,22-,23-,25+/m0/s1. The zero-order valence-electron chi connectivity index (χ0n) is 25.4. The van der Waals surface area contributed by atoms with Crippen LogP contribution in [-0.4, -0.2) is 64.6 Å². The van der Waals surface area contributed by atoms with Gasteiger partial charge in [-0.2, -0.15) is 0 Å². The Balaban J connectivity index is 1.59. The maximum absolute atomic E-state index is 14.4. The Bertz CT molecular complexity index is 1040. The van der Waals surface area contributed by atoms with Gasteiger partial charge in [0.05, 0.1) is 6.04 Å². The highest BCUT2D eigenvalue weighted by Gasteiger charge is 2.70. The molecule has 0 aromatic rings. The Hall–Kier alpha value is -2.45. The van der Waals surface area contributed by atoms with Gasteiger partial charge in [0.1, 0.15) is 17.7 Å². The number of Topliss-reactive ketones (excluding diaryl/α,β-unsaturated/α-hetero) is 2. The number of carbonyl (C=O) groups is 5. The van der Waals surface area contributed by atoms with E-state index >= 15 is 0 Å². The average molecular weight is 560 g/mol. The molecule has 0 aromatic heterocycles. The number of alkyl carbamates (subject to hydrolysis) is 1. The molecule has 3 aliphatic carbocycles. The molecular formula is C31H49N3O6. The molecule has 4 rings (SSSR count). The second kappa shape index (κ2) is 11.1. The molecule has 3 amide bonds. The Kier molecular flexibility index (Phi) is 8.46. The minimum absolute atomic E-state index is 0.0467. The summed E-state index contributed by atoms with van der Waals surface area (Å²) < 4.78 is 5.54. The van der Waals surface area contributed by atoms with Crippen LogP contribution in [0.3, 0.4) is 0 Å². The molecule has 4 aliphatic rings. The molecule has 9 heteroatoms. The van der Waals surface area contributed by atoms with E-state index in [1.54, 1.807) is 25.7 Å². The van der Waals surface area contributed by atoms with Crippen LogP contribution in [0.5, 0.6) is 0 Å². The molecule has 1 heterocycles. The van der Waals surface area contributed by atoms with E-state index in [1.807, 2.05) is 6.92 Å². The number of nitrogens with one attached hydrogen (secondary N) is 2. The van der Waals surface area contributed by atoms with E-state index in [1.165, 1.54) is 6.92 Å². The third kappa shape index (κ3) is 6.23. The summed E-state index contributed by atoms with van der Waals surface area (Å²) in [6.07, 6.45) is 7.47. The van der Waals surface area contributed by atoms with E-state index in [4.69, 9.17) is 4.74 Å². The molecule has 0 spiro atoms. The number of amides is 3. The normalized spacial score (nSPS) is 28.4. The van der Waals surface area contributed by atoms with Crippen LogP contribution in [0.4, 0.5) is 4.79 Å². The van der Waals surface area contributed by atoms with E-state index in [0.717, 1.165) is 51.4 Å². The van der Waals surface area contributed by atoms with Crippen LogP contribution in [0, 0.1) is 28.6 Å². The first-order valence-corrected chi connectivity index (χ1v) is 15.2. The second-order valence-corrected chi connectivity index (χ2v) is 14.7. The van der Waals surface area contributed by atoms with Crippen LogP contribution in [0.2, 0.25) is 0 Å². The summed E-state index contributed by atoms with van der Waals surface area (Å²) in [6.45, 7) is 13.3. The number of ether oxygens (including phenoxy) is 1. The van der Waals surface area contributed by atoms with Crippen LogP contribution < -0.4 is 10.6 Å². The topological polar surface area (TPSA) is 122 Å². The van der Waals surface area contributed by atoms with E-state index in [9.17, 15) is 24.0 Å². The number of rotatable bonds is 9. The Labute approximate surface area is 238 Å². The molecule has 0 aromatic carbocycles. The first-order valence-electron chi connectivity index (χ1n) is 15.2. The van der Waals surface area contributed by atoms with Gasteiger partial charge in [0, 0.05) is 13.5 Å². The number of likely N-dealkylation sites (tertiary alicyclic amines) is 1. The highest BCUT2D eigenvalue weighted by Crippen LogP contribution is 2.65. The van der Waals surface area contributed by atoms with Crippen molar-refractivity contribution in [3.05, 3.63) is 0 Å². The molecule has 5 atom stereocenters. The molecule has 0 radical (unpaired) electrons. The highest BCUT2D eigenvalue weighted by atomic mass is 16.6. The van der Waals surface area contributed by atoms with Gasteiger partial charge in [-0.05, 0) is 68.6 Å². The van der Waals surface area contributed by atoms with Crippen LogP contribution in [0.1, 0.15) is 106 Å². The van der Waals surface area contributed by atoms with Crippen LogP contribution in [0.15, 0.2) is 0 Å². The van der Waals surface area contributed by atoms with Crippen LogP contribution in [-0.2, 0) is 23.9 Å². The Morgan fingerprint density at radius 2 is 1.57 bits per heavy atom. The first-order chi connectivity index (χ1) is 18.5. The fourth-order valence-corrected chi connectivity index (χ4v) is 7.38. The number of hydrogen-bond donors (Lipinski definition) is 2. The van der Waals surface area contributed by atoms with Gasteiger partial charge in [-0.1, -0.05) is 59.3 Å². The number of carbonyl (C=O) groups excluding carboxylic acids is 5. The molecule has 4 fully saturated rings. The van der Waals surface area contributed by atoms with Gasteiger partial charge in [-0.25, -0.2) is 4.79 Å². The van der Waals surface area contributed by atoms with Gasteiger partial charge in [-0.15, -0.1) is 0 Å². The lowest BCUT2D eigenvalue weighted by Crippen LogP contribution is -2.61. The number of ketones is 2. The molecule has 2 N–H and O–H groups in total. The second-order valence-electron chi connectivity index (χ2n) is 14.7. The van der Waals surface area contributed by atoms with Crippen LogP contribution >= 0.6 is 0 Å². The summed E-state index contributed by atoms with van der Waals surface area (Å²) in [5, 5.41) is 5.81. The molecule has 0 bridgehead atoms. The van der Waals surface area contributed by atoms with Crippen molar-refractivity contribution in [1.29, 1.82) is 0 Å². The monoisotopic (exact) mass is 559 g/mol. The zero-order chi connectivity index (χ0) is 29.6. The lowest BCUT2D eigenvalue weighted by molar-refractivity contribution is -0.146. The molecule has 1 aliphatic heterocycles. The van der Waals surface area contributed by atoms with Gasteiger partial charge in [0.25, 0.3) is 0 Å². The maximum Gasteiger partial charge on any atom is 0.408 e. The van der Waals surface area contributed by atoms with Crippen molar-refractivity contribution in [2.45, 2.75) is 130 Å². The molecule has 3 saturated carbocycles. The number of nitrogens with zero attached hydrogens (tertiary/aromatic N) is 1. The maximum atomic E-state index is 14.4. The minimum atomic E-state index is -0.875. The molecule has 40 heavy (non-hydrogen) atoms. The van der Waals surface area contributed by atoms with Gasteiger partial charge in [-0.3, -0.25) is 19.2 Å².